The van der Waals surface area contributed by atoms with Crippen LogP contribution in [0.4, 0.5) is 4.39 Å². The molecule has 4 nitrogen and oxygen atoms in total. The van der Waals surface area contributed by atoms with Crippen molar-refractivity contribution in [3.05, 3.63) is 46.8 Å². The molecule has 2 aliphatic rings. The molecule has 19 heavy (non-hydrogen) atoms. The van der Waals surface area contributed by atoms with Crippen LogP contribution < -0.4 is 0 Å². The maximum absolute atomic E-state index is 12.8. The molecule has 0 fully saturated rings. The monoisotopic (exact) mass is 298 g/mol. The van der Waals surface area contributed by atoms with Crippen LogP contribution in [0.1, 0.15) is 5.56 Å². The first kappa shape index (κ1) is 12.7. The number of halogens is 1. The Labute approximate surface area is 115 Å². The summed E-state index contributed by atoms with van der Waals surface area (Å²) in [6, 6.07) is 6.30. The highest BCUT2D eigenvalue weighted by Gasteiger charge is 2.28. The second kappa shape index (κ2) is 4.64. The van der Waals surface area contributed by atoms with E-state index < -0.39 is 10.0 Å². The van der Waals surface area contributed by atoms with Crippen molar-refractivity contribution in [2.45, 2.75) is 6.42 Å². The molecular formula is C12H11FN2O2S2. The number of fused-ring (bicyclic) bond motifs is 1. The summed E-state index contributed by atoms with van der Waals surface area (Å²) in [5.41, 5.74) is 0.989. The van der Waals surface area contributed by atoms with E-state index in [2.05, 4.69) is 4.40 Å². The minimum Gasteiger partial charge on any atom is -0.325 e. The average Bonchev–Trinajstić information content (AvgIpc) is 2.72. The zero-order valence-corrected chi connectivity index (χ0v) is 11.5. The van der Waals surface area contributed by atoms with E-state index in [4.69, 9.17) is 0 Å². The lowest BCUT2D eigenvalue weighted by Gasteiger charge is -2.19. The van der Waals surface area contributed by atoms with E-state index >= 15 is 0 Å². The van der Waals surface area contributed by atoms with Crippen LogP contribution in [-0.2, 0) is 16.4 Å². The number of thioether (sulfide) groups is 1. The van der Waals surface area contributed by atoms with E-state index in [1.54, 1.807) is 12.1 Å². The highest BCUT2D eigenvalue weighted by molar-refractivity contribution is 8.18. The largest absolute Gasteiger partial charge is 0.325 e. The molecule has 0 amide bonds. The third kappa shape index (κ3) is 2.82. The summed E-state index contributed by atoms with van der Waals surface area (Å²) < 4.78 is 39.4. The number of nitrogens with zero attached hydrogens (tertiary/aromatic N) is 2. The van der Waals surface area contributed by atoms with Gasteiger partial charge in [-0.15, -0.1) is 4.40 Å². The van der Waals surface area contributed by atoms with Crippen molar-refractivity contribution in [2.24, 2.45) is 4.40 Å². The normalized spacial score (nSPS) is 20.8. The molecule has 7 heteroatoms. The highest BCUT2D eigenvalue weighted by atomic mass is 32.2. The quantitative estimate of drug-likeness (QED) is 0.837. The Morgan fingerprint density at radius 3 is 2.79 bits per heavy atom. The molecule has 3 rings (SSSR count). The minimum atomic E-state index is -3.30. The summed E-state index contributed by atoms with van der Waals surface area (Å²) in [7, 11) is -3.30. The van der Waals surface area contributed by atoms with Gasteiger partial charge in [0.2, 0.25) is 0 Å². The first-order valence-corrected chi connectivity index (χ1v) is 8.17. The van der Waals surface area contributed by atoms with Gasteiger partial charge in [-0.25, -0.2) is 12.8 Å². The average molecular weight is 298 g/mol. The molecule has 0 radical (unpaired) electrons. The van der Waals surface area contributed by atoms with E-state index in [-0.39, 0.29) is 11.6 Å². The number of sulfonamides is 1. The first-order chi connectivity index (χ1) is 9.02. The van der Waals surface area contributed by atoms with Crippen LogP contribution in [0, 0.1) is 5.82 Å². The van der Waals surface area contributed by atoms with Crippen LogP contribution in [0.3, 0.4) is 0 Å². The van der Waals surface area contributed by atoms with Crippen molar-refractivity contribution in [3.8, 4) is 0 Å². The first-order valence-electron chi connectivity index (χ1n) is 5.74. The second-order valence-electron chi connectivity index (χ2n) is 4.35. The summed E-state index contributed by atoms with van der Waals surface area (Å²) in [5.74, 6) is -0.207. The van der Waals surface area contributed by atoms with E-state index in [0.29, 0.717) is 18.1 Å². The molecule has 0 saturated carbocycles. The molecule has 100 valence electrons. The molecule has 0 unspecified atom stereocenters. The number of benzene rings is 1. The van der Waals surface area contributed by atoms with Crippen LogP contribution in [-0.4, -0.2) is 30.8 Å². The lowest BCUT2D eigenvalue weighted by molar-refractivity contribution is 0.556. The summed E-state index contributed by atoms with van der Waals surface area (Å²) >= 11 is 1.36. The summed E-state index contributed by atoms with van der Waals surface area (Å²) in [4.78, 5) is 2.87. The third-order valence-corrected chi connectivity index (χ3v) is 5.15. The van der Waals surface area contributed by atoms with Gasteiger partial charge in [0.1, 0.15) is 5.82 Å². The lowest BCUT2D eigenvalue weighted by Crippen LogP contribution is -2.31. The molecule has 0 spiro atoms. The van der Waals surface area contributed by atoms with Gasteiger partial charge in [0.25, 0.3) is 10.0 Å². The third-order valence-electron chi connectivity index (χ3n) is 2.87. The van der Waals surface area contributed by atoms with Gasteiger partial charge in [0.15, 0.2) is 5.17 Å². The molecule has 2 heterocycles. The van der Waals surface area contributed by atoms with Gasteiger partial charge in [0.05, 0.1) is 5.75 Å². The maximum atomic E-state index is 12.8. The lowest BCUT2D eigenvalue weighted by atomic mass is 10.1. The molecule has 1 aromatic carbocycles. The summed E-state index contributed by atoms with van der Waals surface area (Å²) in [6.07, 6.45) is 2.57. The molecule has 0 bridgehead atoms. The Kier molecular flexibility index (Phi) is 3.10. The molecule has 0 aromatic heterocycles. The van der Waals surface area contributed by atoms with Crippen molar-refractivity contribution >= 4 is 27.0 Å². The van der Waals surface area contributed by atoms with Crippen LogP contribution in [0.5, 0.6) is 0 Å². The van der Waals surface area contributed by atoms with Crippen LogP contribution in [0.25, 0.3) is 0 Å². The highest BCUT2D eigenvalue weighted by Crippen LogP contribution is 2.33. The van der Waals surface area contributed by atoms with Gasteiger partial charge in [-0.2, -0.15) is 0 Å². The summed E-state index contributed by atoms with van der Waals surface area (Å²) in [5, 5.41) is 0.517. The minimum absolute atomic E-state index is 0.0530. The second-order valence-corrected chi connectivity index (χ2v) is 7.20. The summed E-state index contributed by atoms with van der Waals surface area (Å²) in [6.45, 7) is 0.446. The molecule has 2 aliphatic heterocycles. The molecule has 0 aliphatic carbocycles. The fourth-order valence-electron chi connectivity index (χ4n) is 1.93. The van der Waals surface area contributed by atoms with Gasteiger partial charge in [-0.05, 0) is 17.7 Å². The Balaban J connectivity index is 1.77. The smallest absolute Gasteiger partial charge is 0.257 e. The molecule has 0 N–H and O–H groups in total. The van der Waals surface area contributed by atoms with Crippen molar-refractivity contribution < 1.29 is 12.8 Å². The zero-order valence-electron chi connectivity index (χ0n) is 9.91. The Morgan fingerprint density at radius 2 is 2.05 bits per heavy atom. The Morgan fingerprint density at radius 1 is 1.32 bits per heavy atom. The van der Waals surface area contributed by atoms with Gasteiger partial charge in [-0.3, -0.25) is 0 Å². The molecule has 1 aromatic rings. The number of rotatable bonds is 2. The number of allylic oxidation sites excluding steroid dienone is 1. The van der Waals surface area contributed by atoms with E-state index in [9.17, 15) is 12.8 Å². The van der Waals surface area contributed by atoms with E-state index in [1.807, 2.05) is 11.1 Å². The number of hydrogen-bond donors (Lipinski definition) is 0. The standard InChI is InChI=1S/C12H11FN2O2S2/c13-10-3-1-9(2-4-10)7-11-8-15-5-6-19(16,17)14-12(15)18-11/h1-4,8H,5-7H2. The van der Waals surface area contributed by atoms with Crippen molar-refractivity contribution in [2.75, 3.05) is 12.3 Å². The van der Waals surface area contributed by atoms with Crippen LogP contribution in [0.2, 0.25) is 0 Å². The Bertz CT molecular complexity index is 665. The van der Waals surface area contributed by atoms with E-state index in [1.165, 1.54) is 23.9 Å². The molecule has 0 saturated heterocycles. The Hall–Kier alpha value is -1.34. The zero-order chi connectivity index (χ0) is 13.5. The van der Waals surface area contributed by atoms with Gasteiger partial charge >= 0.3 is 0 Å². The van der Waals surface area contributed by atoms with Gasteiger partial charge < -0.3 is 4.90 Å². The molecular weight excluding hydrogens is 287 g/mol. The van der Waals surface area contributed by atoms with E-state index in [0.717, 1.165) is 10.5 Å². The SMILES string of the molecule is O=S1(=O)CCN2C=C(Cc3ccc(F)cc3)SC2=N1. The predicted octanol–water partition coefficient (Wildman–Crippen LogP) is 1.96. The maximum Gasteiger partial charge on any atom is 0.257 e. The predicted molar refractivity (Wildman–Crippen MR) is 73.7 cm³/mol. The van der Waals surface area contributed by atoms with Crippen molar-refractivity contribution in [1.29, 1.82) is 0 Å². The fraction of sp³-hybridized carbons (Fsp3) is 0.250. The number of hydrogen-bond acceptors (Lipinski definition) is 4. The fourth-order valence-corrected chi connectivity index (χ4v) is 4.19. The van der Waals surface area contributed by atoms with Crippen molar-refractivity contribution in [3.63, 3.8) is 0 Å². The van der Waals surface area contributed by atoms with Crippen molar-refractivity contribution in [1.82, 2.24) is 4.90 Å². The molecule has 0 atom stereocenters. The topological polar surface area (TPSA) is 49.7 Å². The van der Waals surface area contributed by atoms with Gasteiger partial charge in [-0.1, -0.05) is 23.9 Å². The van der Waals surface area contributed by atoms with Gasteiger partial charge in [0, 0.05) is 24.1 Å². The van der Waals surface area contributed by atoms with Crippen LogP contribution in [0.15, 0.2) is 39.8 Å². The number of amidine groups is 1. The van der Waals surface area contributed by atoms with Crippen LogP contribution >= 0.6 is 11.8 Å².